The fourth-order valence-electron chi connectivity index (χ4n) is 4.64. The van der Waals surface area contributed by atoms with Crippen molar-refractivity contribution in [1.29, 1.82) is 0 Å². The van der Waals surface area contributed by atoms with Crippen molar-refractivity contribution in [2.24, 2.45) is 0 Å². The first-order valence-corrected chi connectivity index (χ1v) is 11.5. The highest BCUT2D eigenvalue weighted by Gasteiger charge is 2.32. The van der Waals surface area contributed by atoms with Crippen LogP contribution in [-0.4, -0.2) is 76.0 Å². The number of cyclic esters (lactones) is 1. The van der Waals surface area contributed by atoms with Gasteiger partial charge in [0.15, 0.2) is 12.4 Å². The number of rotatable bonds is 5. The Morgan fingerprint density at radius 1 is 1.26 bits per heavy atom. The number of para-hydroxylation sites is 1. The second-order valence-electron chi connectivity index (χ2n) is 8.98. The number of aromatic nitrogens is 1. The highest BCUT2D eigenvalue weighted by Crippen LogP contribution is 2.38. The molecule has 2 aromatic rings. The first-order chi connectivity index (χ1) is 16.9. The molecule has 35 heavy (non-hydrogen) atoms. The van der Waals surface area contributed by atoms with Gasteiger partial charge in [0.25, 0.3) is 0 Å². The normalized spacial score (nSPS) is 27.6. The molecule has 0 aliphatic carbocycles. The van der Waals surface area contributed by atoms with E-state index in [0.717, 1.165) is 39.0 Å². The van der Waals surface area contributed by atoms with Gasteiger partial charge in [0.1, 0.15) is 18.8 Å². The molecule has 0 fully saturated rings. The molecular formula is C26H28N2O7. The molecular weight excluding hydrogens is 452 g/mol. The monoisotopic (exact) mass is 480 g/mol. The van der Waals surface area contributed by atoms with Crippen molar-refractivity contribution in [2.45, 2.75) is 44.7 Å². The lowest BCUT2D eigenvalue weighted by Crippen LogP contribution is -2.38. The summed E-state index contributed by atoms with van der Waals surface area (Å²) in [6.07, 6.45) is 1.36. The lowest BCUT2D eigenvalue weighted by molar-refractivity contribution is -0.184. The van der Waals surface area contributed by atoms with E-state index in [-0.39, 0.29) is 19.8 Å². The van der Waals surface area contributed by atoms with Gasteiger partial charge in [-0.15, -0.1) is 0 Å². The van der Waals surface area contributed by atoms with Crippen LogP contribution < -0.4 is 0 Å². The fraction of sp³-hybridized carbons (Fsp3) is 0.385. The minimum atomic E-state index is -1.33. The Morgan fingerprint density at radius 2 is 2.06 bits per heavy atom. The van der Waals surface area contributed by atoms with Crippen LogP contribution in [0.2, 0.25) is 0 Å². The first-order valence-electron chi connectivity index (χ1n) is 11.5. The summed E-state index contributed by atoms with van der Waals surface area (Å²) in [6.45, 7) is 2.47. The van der Waals surface area contributed by atoms with E-state index < -0.39 is 30.6 Å². The standard InChI is InChI=1S/C26H28N2O7/c1-14-12-34-26(32)25(31)16(14)9-20-24-17(10-28(20)2)18(15-5-3-4-6-19(15)27-24)13-33-23-8-7-21(30)22(11-29)35-23/h3-9,21-23,25,29-31H,10-13H2,1-2H3/b20-9-/t21?,22?,23-,25?/m0/s1. The molecule has 3 unspecified atom stereocenters. The summed E-state index contributed by atoms with van der Waals surface area (Å²) >= 11 is 0. The summed E-state index contributed by atoms with van der Waals surface area (Å²) in [7, 11) is 1.94. The Morgan fingerprint density at radius 3 is 2.86 bits per heavy atom. The van der Waals surface area contributed by atoms with Crippen molar-refractivity contribution in [3.8, 4) is 0 Å². The first kappa shape index (κ1) is 23.7. The number of esters is 1. The van der Waals surface area contributed by atoms with E-state index in [1.165, 1.54) is 0 Å². The Balaban J connectivity index is 1.53. The molecule has 1 aromatic heterocycles. The molecule has 3 aliphatic rings. The lowest BCUT2D eigenvalue weighted by atomic mass is 9.98. The van der Waals surface area contributed by atoms with Gasteiger partial charge in [0.05, 0.1) is 30.1 Å². The molecule has 0 spiro atoms. The van der Waals surface area contributed by atoms with Crippen LogP contribution in [0.25, 0.3) is 16.6 Å². The Kier molecular flexibility index (Phi) is 6.43. The molecule has 0 saturated carbocycles. The van der Waals surface area contributed by atoms with Crippen molar-refractivity contribution in [2.75, 3.05) is 20.3 Å². The number of hydrogen-bond acceptors (Lipinski definition) is 9. The average Bonchev–Trinajstić information content (AvgIpc) is 3.17. The van der Waals surface area contributed by atoms with Gasteiger partial charge in [-0.25, -0.2) is 9.78 Å². The van der Waals surface area contributed by atoms with Gasteiger partial charge >= 0.3 is 5.97 Å². The van der Waals surface area contributed by atoms with Gasteiger partial charge in [-0.05, 0) is 41.9 Å². The van der Waals surface area contributed by atoms with Crippen LogP contribution in [-0.2, 0) is 32.2 Å². The molecule has 3 N–H and O–H groups in total. The van der Waals surface area contributed by atoms with Gasteiger partial charge < -0.3 is 34.4 Å². The molecule has 0 radical (unpaired) electrons. The number of hydrogen-bond donors (Lipinski definition) is 3. The van der Waals surface area contributed by atoms with Crippen molar-refractivity contribution < 1.29 is 34.3 Å². The number of carbonyl (C=O) groups excluding carboxylic acids is 1. The highest BCUT2D eigenvalue weighted by molar-refractivity contribution is 5.88. The van der Waals surface area contributed by atoms with E-state index in [0.29, 0.717) is 12.1 Å². The van der Waals surface area contributed by atoms with E-state index >= 15 is 0 Å². The molecule has 9 nitrogen and oxygen atoms in total. The maximum absolute atomic E-state index is 12.0. The summed E-state index contributed by atoms with van der Waals surface area (Å²) in [6, 6.07) is 7.79. The van der Waals surface area contributed by atoms with Crippen molar-refractivity contribution in [3.63, 3.8) is 0 Å². The summed E-state index contributed by atoms with van der Waals surface area (Å²) in [5.74, 6) is -0.657. The van der Waals surface area contributed by atoms with Crippen LogP contribution in [0.1, 0.15) is 23.7 Å². The van der Waals surface area contributed by atoms with Crippen LogP contribution in [0, 0.1) is 0 Å². The third-order valence-electron chi connectivity index (χ3n) is 6.62. The number of aliphatic hydroxyl groups excluding tert-OH is 3. The molecule has 9 heteroatoms. The molecule has 0 saturated heterocycles. The van der Waals surface area contributed by atoms with Gasteiger partial charge in [-0.2, -0.15) is 0 Å². The van der Waals surface area contributed by atoms with Gasteiger partial charge in [0, 0.05) is 24.5 Å². The molecule has 1 aromatic carbocycles. The summed E-state index contributed by atoms with van der Waals surface area (Å²) in [5, 5.41) is 30.7. The van der Waals surface area contributed by atoms with E-state index in [4.69, 9.17) is 19.2 Å². The third-order valence-corrected chi connectivity index (χ3v) is 6.62. The molecule has 0 bridgehead atoms. The maximum Gasteiger partial charge on any atom is 0.339 e. The van der Waals surface area contributed by atoms with Crippen LogP contribution >= 0.6 is 0 Å². The molecule has 184 valence electrons. The molecule has 4 atom stereocenters. The van der Waals surface area contributed by atoms with Crippen molar-refractivity contribution in [1.82, 2.24) is 9.88 Å². The van der Waals surface area contributed by atoms with E-state index in [1.807, 2.05) is 49.2 Å². The van der Waals surface area contributed by atoms with E-state index in [2.05, 4.69) is 0 Å². The number of fused-ring (bicyclic) bond motifs is 2. The molecule has 4 heterocycles. The second kappa shape index (κ2) is 9.52. The maximum atomic E-state index is 12.0. The van der Waals surface area contributed by atoms with Crippen molar-refractivity contribution in [3.05, 3.63) is 70.5 Å². The number of carbonyl (C=O) groups is 1. The summed E-state index contributed by atoms with van der Waals surface area (Å²) in [4.78, 5) is 18.9. The molecule has 3 aliphatic heterocycles. The average molecular weight is 481 g/mol. The predicted molar refractivity (Wildman–Crippen MR) is 127 cm³/mol. The number of pyridine rings is 1. The highest BCUT2D eigenvalue weighted by atomic mass is 16.7. The largest absolute Gasteiger partial charge is 0.459 e. The summed E-state index contributed by atoms with van der Waals surface area (Å²) < 4.78 is 16.7. The van der Waals surface area contributed by atoms with Gasteiger partial charge in [-0.1, -0.05) is 24.3 Å². The molecule has 0 amide bonds. The topological polar surface area (TPSA) is 122 Å². The number of nitrogens with zero attached hydrogens (tertiary/aromatic N) is 2. The van der Waals surface area contributed by atoms with Gasteiger partial charge in [-0.3, -0.25) is 0 Å². The fourth-order valence-corrected chi connectivity index (χ4v) is 4.64. The smallest absolute Gasteiger partial charge is 0.339 e. The Hall–Kier alpha value is -3.08. The van der Waals surface area contributed by atoms with Crippen molar-refractivity contribution >= 4 is 22.6 Å². The summed E-state index contributed by atoms with van der Waals surface area (Å²) in [5.41, 5.74) is 5.62. The van der Waals surface area contributed by atoms with E-state index in [1.54, 1.807) is 12.2 Å². The van der Waals surface area contributed by atoms with Crippen LogP contribution in [0.15, 0.2) is 53.6 Å². The lowest BCUT2D eigenvalue weighted by Gasteiger charge is -2.28. The number of aliphatic hydroxyl groups is 3. The van der Waals surface area contributed by atoms with Crippen LogP contribution in [0.3, 0.4) is 0 Å². The van der Waals surface area contributed by atoms with Gasteiger partial charge in [0.2, 0.25) is 0 Å². The third kappa shape index (κ3) is 4.37. The zero-order valence-corrected chi connectivity index (χ0v) is 19.5. The van der Waals surface area contributed by atoms with Crippen LogP contribution in [0.5, 0.6) is 0 Å². The minimum Gasteiger partial charge on any atom is -0.459 e. The Bertz CT molecular complexity index is 1250. The SMILES string of the molecule is CC1=C(/C=C2/c3nc4ccccc4c(CO[C@@H]4C=CC(O)C(CO)O4)c3CN2C)C(O)C(=O)OC1. The quantitative estimate of drug-likeness (QED) is 0.431. The molecule has 5 rings (SSSR count). The van der Waals surface area contributed by atoms with Crippen LogP contribution in [0.4, 0.5) is 0 Å². The Labute approximate surface area is 202 Å². The van der Waals surface area contributed by atoms with E-state index in [9.17, 15) is 20.1 Å². The zero-order valence-electron chi connectivity index (χ0n) is 19.5. The number of benzene rings is 1. The second-order valence-corrected chi connectivity index (χ2v) is 8.98. The minimum absolute atomic E-state index is 0.147. The zero-order chi connectivity index (χ0) is 24.7. The predicted octanol–water partition coefficient (Wildman–Crippen LogP) is 1.41. The number of ether oxygens (including phenoxy) is 3.